The molecule has 0 aliphatic carbocycles. The molecular formula is C26H38N8O10. The summed E-state index contributed by atoms with van der Waals surface area (Å²) < 4.78 is 11.0. The Morgan fingerprint density at radius 3 is 1.27 bits per heavy atom. The number of amides is 1. The van der Waals surface area contributed by atoms with Crippen LogP contribution in [0.15, 0.2) is 28.8 Å². The Morgan fingerprint density at radius 1 is 0.545 bits per heavy atom. The van der Waals surface area contributed by atoms with Crippen molar-refractivity contribution < 1.29 is 19.4 Å². The van der Waals surface area contributed by atoms with Crippen molar-refractivity contribution in [2.75, 3.05) is 39.4 Å². The number of ether oxygens (including phenoxy) is 1. The Kier molecular flexibility index (Phi) is 11.0. The van der Waals surface area contributed by atoms with E-state index in [1.165, 1.54) is 0 Å². The Bertz CT molecular complexity index is 1530. The summed E-state index contributed by atoms with van der Waals surface area (Å²) in [6.45, 7) is -0.718. The standard InChI is InChI=1S/C26H38N8O10/c35-19(17-44-18-20(36)37)27-7-12-28-13-15-33-23(40)29-8-3-1-4-9-30-22(39)32(26(43)34(16-14-28)24(30)41)11-6-2-5-10-31(21(29)38)25(33)42/h1-18H2,(H,27,35)(H,36,37). The van der Waals surface area contributed by atoms with Gasteiger partial charge < -0.3 is 15.2 Å². The third-order valence-corrected chi connectivity index (χ3v) is 7.79. The lowest BCUT2D eigenvalue weighted by Gasteiger charge is -2.24. The molecule has 0 saturated carbocycles. The minimum atomic E-state index is -1.22. The van der Waals surface area contributed by atoms with Crippen LogP contribution in [0.1, 0.15) is 38.5 Å². The molecule has 18 heteroatoms. The van der Waals surface area contributed by atoms with Crippen LogP contribution in [0.5, 0.6) is 0 Å². The highest BCUT2D eigenvalue weighted by atomic mass is 16.5. The molecule has 1 amide bonds. The Labute approximate surface area is 249 Å². The zero-order chi connectivity index (χ0) is 31.8. The molecule has 2 aromatic rings. The summed E-state index contributed by atoms with van der Waals surface area (Å²) in [5.74, 6) is -1.78. The number of rotatable bonds is 7. The van der Waals surface area contributed by atoms with E-state index in [0.29, 0.717) is 38.5 Å². The van der Waals surface area contributed by atoms with E-state index in [1.807, 2.05) is 0 Å². The molecule has 0 fully saturated rings. The fourth-order valence-corrected chi connectivity index (χ4v) is 5.40. The fourth-order valence-electron chi connectivity index (χ4n) is 5.40. The fraction of sp³-hybridized carbons (Fsp3) is 0.692. The molecular weight excluding hydrogens is 584 g/mol. The minimum Gasteiger partial charge on any atom is -0.480 e. The topological polar surface area (TPSA) is 211 Å². The molecule has 0 aromatic carbocycles. The van der Waals surface area contributed by atoms with Crippen LogP contribution in [-0.4, -0.2) is 88.7 Å². The third-order valence-electron chi connectivity index (χ3n) is 7.79. The predicted molar refractivity (Wildman–Crippen MR) is 154 cm³/mol. The number of carboxylic acids is 1. The van der Waals surface area contributed by atoms with Gasteiger partial charge >= 0.3 is 40.1 Å². The number of carbonyl (C=O) groups is 2. The lowest BCUT2D eigenvalue weighted by atomic mass is 10.2. The van der Waals surface area contributed by atoms with Crippen LogP contribution in [0, 0.1) is 0 Å². The third kappa shape index (κ3) is 7.60. The molecule has 0 unspecified atom stereocenters. The van der Waals surface area contributed by atoms with Crippen molar-refractivity contribution in [2.45, 2.75) is 77.8 Å². The van der Waals surface area contributed by atoms with Gasteiger partial charge in [0.2, 0.25) is 5.91 Å². The summed E-state index contributed by atoms with van der Waals surface area (Å²) in [6.07, 6.45) is 2.51. The van der Waals surface area contributed by atoms with Gasteiger partial charge in [0.05, 0.1) is 0 Å². The van der Waals surface area contributed by atoms with Crippen LogP contribution in [0.4, 0.5) is 0 Å². The molecule has 3 aliphatic heterocycles. The lowest BCUT2D eigenvalue weighted by Crippen LogP contribution is -2.56. The highest BCUT2D eigenvalue weighted by Gasteiger charge is 2.20. The van der Waals surface area contributed by atoms with Gasteiger partial charge in [-0.15, -0.1) is 0 Å². The number of hydrogen-bond donors (Lipinski definition) is 2. The van der Waals surface area contributed by atoms with Gasteiger partial charge in [-0.3, -0.25) is 9.69 Å². The van der Waals surface area contributed by atoms with Crippen LogP contribution >= 0.6 is 0 Å². The summed E-state index contributed by atoms with van der Waals surface area (Å²) >= 11 is 0. The van der Waals surface area contributed by atoms with E-state index in [1.54, 1.807) is 4.90 Å². The van der Waals surface area contributed by atoms with Gasteiger partial charge in [0, 0.05) is 65.4 Å². The summed E-state index contributed by atoms with van der Waals surface area (Å²) in [6, 6.07) is 0. The molecule has 5 rings (SSSR count). The number of fused-ring (bicyclic) bond motifs is 12. The van der Waals surface area contributed by atoms with Gasteiger partial charge in [0.1, 0.15) is 13.2 Å². The van der Waals surface area contributed by atoms with Gasteiger partial charge in [-0.05, 0) is 38.5 Å². The second-order valence-electron chi connectivity index (χ2n) is 10.8. The predicted octanol–water partition coefficient (Wildman–Crippen LogP) is -3.76. The van der Waals surface area contributed by atoms with Crippen LogP contribution in [0.3, 0.4) is 0 Å². The Balaban J connectivity index is 1.72. The SMILES string of the molecule is O=C(O)COCC(=O)NCCN1CCn2c(=O)n3c(=O)n(c2=O)CCCCCn2c(=O)n(c(=O)n(c2=O)CC1)CCCCC3. The maximum Gasteiger partial charge on any atom is 0.336 e. The zero-order valence-corrected chi connectivity index (χ0v) is 24.5. The van der Waals surface area contributed by atoms with Crippen molar-refractivity contribution in [1.29, 1.82) is 0 Å². The van der Waals surface area contributed by atoms with E-state index in [4.69, 9.17) is 9.84 Å². The van der Waals surface area contributed by atoms with Crippen LogP contribution in [0.2, 0.25) is 0 Å². The number of carboxylic acid groups (broad SMARTS) is 1. The van der Waals surface area contributed by atoms with Crippen LogP contribution in [-0.2, 0) is 53.6 Å². The molecule has 18 nitrogen and oxygen atoms in total. The van der Waals surface area contributed by atoms with E-state index >= 15 is 0 Å². The van der Waals surface area contributed by atoms with E-state index in [0.717, 1.165) is 27.4 Å². The maximum atomic E-state index is 13.4. The van der Waals surface area contributed by atoms with Crippen molar-refractivity contribution in [3.05, 3.63) is 62.9 Å². The largest absolute Gasteiger partial charge is 0.480 e. The monoisotopic (exact) mass is 622 g/mol. The minimum absolute atomic E-state index is 0.0519. The first-order chi connectivity index (χ1) is 21.1. The van der Waals surface area contributed by atoms with Crippen molar-refractivity contribution >= 4 is 11.9 Å². The summed E-state index contributed by atoms with van der Waals surface area (Å²) in [5, 5.41) is 11.2. The number of hydrogen-bond acceptors (Lipinski definition) is 10. The number of aliphatic carboxylic acids is 1. The van der Waals surface area contributed by atoms with Crippen molar-refractivity contribution in [3.8, 4) is 0 Å². The summed E-state index contributed by atoms with van der Waals surface area (Å²) in [5.41, 5.74) is -4.28. The van der Waals surface area contributed by atoms with Gasteiger partial charge in [-0.1, -0.05) is 0 Å². The average molecular weight is 623 g/mol. The molecule has 0 radical (unpaired) electrons. The quantitative estimate of drug-likeness (QED) is 0.306. The van der Waals surface area contributed by atoms with Gasteiger partial charge in [-0.2, -0.15) is 0 Å². The summed E-state index contributed by atoms with van der Waals surface area (Å²) in [7, 11) is 0. The smallest absolute Gasteiger partial charge is 0.336 e. The number of aromatic nitrogens is 6. The van der Waals surface area contributed by atoms with Crippen molar-refractivity contribution in [1.82, 2.24) is 37.6 Å². The molecule has 44 heavy (non-hydrogen) atoms. The normalized spacial score (nSPS) is 16.5. The first-order valence-electron chi connectivity index (χ1n) is 14.8. The highest BCUT2D eigenvalue weighted by molar-refractivity contribution is 5.77. The first kappa shape index (κ1) is 32.6. The highest BCUT2D eigenvalue weighted by Crippen LogP contribution is 2.02. The number of nitrogens with one attached hydrogen (secondary N) is 1. The molecule has 2 N–H and O–H groups in total. The molecule has 0 saturated heterocycles. The van der Waals surface area contributed by atoms with E-state index in [2.05, 4.69) is 5.32 Å². The molecule has 6 bridgehead atoms. The Morgan fingerprint density at radius 2 is 0.909 bits per heavy atom. The molecule has 0 spiro atoms. The first-order valence-corrected chi connectivity index (χ1v) is 14.8. The molecule has 2 aromatic heterocycles. The Hall–Kier alpha value is -4.32. The molecule has 0 atom stereocenters. The van der Waals surface area contributed by atoms with Crippen molar-refractivity contribution in [3.63, 3.8) is 0 Å². The summed E-state index contributed by atoms with van der Waals surface area (Å²) in [4.78, 5) is 104. The van der Waals surface area contributed by atoms with Crippen molar-refractivity contribution in [2.24, 2.45) is 0 Å². The van der Waals surface area contributed by atoms with Crippen LogP contribution in [0.25, 0.3) is 0 Å². The maximum absolute atomic E-state index is 13.4. The van der Waals surface area contributed by atoms with Gasteiger partial charge in [0.25, 0.3) is 0 Å². The second-order valence-corrected chi connectivity index (χ2v) is 10.8. The van der Waals surface area contributed by atoms with Gasteiger partial charge in [0.15, 0.2) is 0 Å². The lowest BCUT2D eigenvalue weighted by molar-refractivity contribution is -0.143. The molecule has 3 aliphatic rings. The van der Waals surface area contributed by atoms with Gasteiger partial charge in [-0.25, -0.2) is 61.0 Å². The van der Waals surface area contributed by atoms with E-state index in [9.17, 15) is 38.4 Å². The average Bonchev–Trinajstić information content (AvgIpc) is 2.97. The number of nitrogens with zero attached hydrogens (tertiary/aromatic N) is 7. The van der Waals surface area contributed by atoms with Crippen LogP contribution < -0.4 is 39.5 Å². The number of carbonyl (C=O) groups excluding carboxylic acids is 1. The molecule has 242 valence electrons. The molecule has 5 heterocycles. The zero-order valence-electron chi connectivity index (χ0n) is 24.5. The van der Waals surface area contributed by atoms with E-state index < -0.39 is 59.2 Å². The van der Waals surface area contributed by atoms with E-state index in [-0.39, 0.29) is 65.4 Å². The second kappa shape index (κ2) is 14.9.